The molecule has 1 aromatic heterocycles. The van der Waals surface area contributed by atoms with Crippen LogP contribution in [0.2, 0.25) is 0 Å². The van der Waals surface area contributed by atoms with Gasteiger partial charge in [-0.25, -0.2) is 13.8 Å². The lowest BCUT2D eigenvalue weighted by Crippen LogP contribution is -2.44. The molecule has 27 heavy (non-hydrogen) atoms. The first-order valence-corrected chi connectivity index (χ1v) is 7.99. The number of fused-ring (bicyclic) bond motifs is 4. The number of nitrogens with one attached hydrogen (secondary N) is 1. The lowest BCUT2D eigenvalue weighted by atomic mass is 9.74. The summed E-state index contributed by atoms with van der Waals surface area (Å²) in [6, 6.07) is 7.19. The molecule has 1 N–H and O–H groups in total. The van der Waals surface area contributed by atoms with Crippen molar-refractivity contribution in [3.05, 3.63) is 64.5 Å². The van der Waals surface area contributed by atoms with Crippen molar-refractivity contribution in [2.24, 2.45) is 4.99 Å². The number of amides is 1. The second kappa shape index (κ2) is 5.34. The Kier molecular flexibility index (Phi) is 3.47. The van der Waals surface area contributed by atoms with Crippen molar-refractivity contribution >= 4 is 11.7 Å². The van der Waals surface area contributed by atoms with Crippen LogP contribution in [0.25, 0.3) is 0 Å². The number of carbonyl (C=O) groups is 1. The molecule has 140 valence electrons. The molecule has 2 heterocycles. The maximum atomic E-state index is 14.7. The summed E-state index contributed by atoms with van der Waals surface area (Å²) >= 11 is 0. The SMILES string of the molecule is CNC1=NC(=O)C2(CC(F)(F)c3ccccc32)c2nc(C(F)(F)F)ccc21. The Morgan fingerprint density at radius 2 is 1.74 bits per heavy atom. The molecule has 0 fully saturated rings. The molecule has 1 aliphatic heterocycles. The molecule has 0 saturated carbocycles. The molecule has 0 bridgehead atoms. The fourth-order valence-electron chi connectivity index (χ4n) is 3.78. The molecule has 1 spiro atoms. The topological polar surface area (TPSA) is 54.4 Å². The number of pyridine rings is 1. The number of nitrogens with zero attached hydrogens (tertiary/aromatic N) is 2. The fourth-order valence-corrected chi connectivity index (χ4v) is 3.78. The third-order valence-electron chi connectivity index (χ3n) is 4.93. The van der Waals surface area contributed by atoms with Crippen LogP contribution in [0.4, 0.5) is 22.0 Å². The number of benzene rings is 1. The quantitative estimate of drug-likeness (QED) is 0.712. The zero-order chi connectivity index (χ0) is 19.6. The van der Waals surface area contributed by atoms with E-state index in [1.807, 2.05) is 0 Å². The maximum absolute atomic E-state index is 14.7. The Hall–Kier alpha value is -2.84. The van der Waals surface area contributed by atoms with Gasteiger partial charge in [0, 0.05) is 24.6 Å². The minimum absolute atomic E-state index is 0.00505. The highest BCUT2D eigenvalue weighted by atomic mass is 19.4. The summed E-state index contributed by atoms with van der Waals surface area (Å²) in [5.41, 5.74) is -4.03. The number of halogens is 5. The number of amidine groups is 1. The smallest absolute Gasteiger partial charge is 0.372 e. The van der Waals surface area contributed by atoms with Gasteiger partial charge < -0.3 is 5.32 Å². The lowest BCUT2D eigenvalue weighted by Gasteiger charge is -2.32. The third-order valence-corrected chi connectivity index (χ3v) is 4.93. The molecular weight excluding hydrogens is 369 g/mol. The highest BCUT2D eigenvalue weighted by Crippen LogP contribution is 2.56. The number of aromatic nitrogens is 1. The van der Waals surface area contributed by atoms with Crippen LogP contribution in [0, 0.1) is 0 Å². The average molecular weight is 381 g/mol. The van der Waals surface area contributed by atoms with Gasteiger partial charge in [-0.3, -0.25) is 4.79 Å². The highest BCUT2D eigenvalue weighted by molar-refractivity contribution is 6.13. The minimum Gasteiger partial charge on any atom is -0.372 e. The molecule has 0 radical (unpaired) electrons. The van der Waals surface area contributed by atoms with Crippen LogP contribution >= 0.6 is 0 Å². The van der Waals surface area contributed by atoms with E-state index in [-0.39, 0.29) is 22.7 Å². The monoisotopic (exact) mass is 381 g/mol. The molecule has 1 amide bonds. The lowest BCUT2D eigenvalue weighted by molar-refractivity contribution is -0.141. The van der Waals surface area contributed by atoms with Crippen LogP contribution in [-0.4, -0.2) is 23.8 Å². The Morgan fingerprint density at radius 3 is 2.37 bits per heavy atom. The molecule has 4 rings (SSSR count). The summed E-state index contributed by atoms with van der Waals surface area (Å²) in [6.45, 7) is 0. The zero-order valence-corrected chi connectivity index (χ0v) is 13.9. The second-order valence-electron chi connectivity index (χ2n) is 6.44. The van der Waals surface area contributed by atoms with Crippen LogP contribution in [-0.2, 0) is 22.3 Å². The number of alkyl halides is 5. The van der Waals surface area contributed by atoms with Gasteiger partial charge in [0.1, 0.15) is 16.9 Å². The van der Waals surface area contributed by atoms with E-state index in [1.54, 1.807) is 0 Å². The number of rotatable bonds is 0. The number of carbonyl (C=O) groups excluding carboxylic acids is 1. The summed E-state index contributed by atoms with van der Waals surface area (Å²) in [4.78, 5) is 20.4. The van der Waals surface area contributed by atoms with E-state index in [9.17, 15) is 26.7 Å². The van der Waals surface area contributed by atoms with Crippen LogP contribution in [0.15, 0.2) is 41.4 Å². The van der Waals surface area contributed by atoms with E-state index in [0.29, 0.717) is 0 Å². The molecule has 2 aliphatic rings. The molecular formula is C18H12F5N3O. The summed E-state index contributed by atoms with van der Waals surface area (Å²) in [5, 5.41) is 2.62. The van der Waals surface area contributed by atoms with Crippen LogP contribution in [0.1, 0.15) is 34.5 Å². The molecule has 1 atom stereocenters. The molecule has 1 unspecified atom stereocenters. The summed E-state index contributed by atoms with van der Waals surface area (Å²) in [5.74, 6) is -4.36. The van der Waals surface area contributed by atoms with Crippen LogP contribution < -0.4 is 5.32 Å². The molecule has 4 nitrogen and oxygen atoms in total. The molecule has 9 heteroatoms. The Balaban J connectivity index is 2.08. The Morgan fingerprint density at radius 1 is 1.07 bits per heavy atom. The standard InChI is InChI=1S/C18H12F5N3O/c1-24-14-9-6-7-12(18(21,22)23)25-13(9)16(15(27)26-14)8-17(19,20)11-5-3-2-4-10(11)16/h2-7H,8H2,1H3,(H,24,26,27). The van der Waals surface area contributed by atoms with Gasteiger partial charge in [0.15, 0.2) is 0 Å². The van der Waals surface area contributed by atoms with Gasteiger partial charge in [-0.15, -0.1) is 0 Å². The van der Waals surface area contributed by atoms with Crippen LogP contribution in [0.3, 0.4) is 0 Å². The summed E-state index contributed by atoms with van der Waals surface area (Å²) < 4.78 is 69.0. The van der Waals surface area contributed by atoms with Gasteiger partial charge in [-0.2, -0.15) is 18.2 Å². The van der Waals surface area contributed by atoms with Crippen molar-refractivity contribution in [2.75, 3.05) is 7.05 Å². The Labute approximate surface area is 150 Å². The van der Waals surface area contributed by atoms with Crippen molar-refractivity contribution in [2.45, 2.75) is 23.9 Å². The van der Waals surface area contributed by atoms with Gasteiger partial charge in [0.2, 0.25) is 0 Å². The van der Waals surface area contributed by atoms with Gasteiger partial charge >= 0.3 is 6.18 Å². The first-order chi connectivity index (χ1) is 12.6. The number of hydrogen-bond donors (Lipinski definition) is 1. The zero-order valence-electron chi connectivity index (χ0n) is 13.9. The van der Waals surface area contributed by atoms with Crippen molar-refractivity contribution in [1.82, 2.24) is 10.3 Å². The van der Waals surface area contributed by atoms with E-state index in [2.05, 4.69) is 15.3 Å². The Bertz CT molecular complexity index is 999. The van der Waals surface area contributed by atoms with Crippen molar-refractivity contribution in [3.8, 4) is 0 Å². The minimum atomic E-state index is -4.78. The largest absolute Gasteiger partial charge is 0.433 e. The van der Waals surface area contributed by atoms with Crippen molar-refractivity contribution in [1.29, 1.82) is 0 Å². The van der Waals surface area contributed by atoms with Gasteiger partial charge in [0.05, 0.1) is 5.69 Å². The van der Waals surface area contributed by atoms with Crippen molar-refractivity contribution in [3.63, 3.8) is 0 Å². The van der Waals surface area contributed by atoms with E-state index >= 15 is 0 Å². The van der Waals surface area contributed by atoms with E-state index in [4.69, 9.17) is 0 Å². The van der Waals surface area contributed by atoms with Gasteiger partial charge in [0.25, 0.3) is 11.8 Å². The fraction of sp³-hybridized carbons (Fsp3) is 0.278. The van der Waals surface area contributed by atoms with Crippen LogP contribution in [0.5, 0.6) is 0 Å². The second-order valence-corrected chi connectivity index (χ2v) is 6.44. The van der Waals surface area contributed by atoms with Crippen molar-refractivity contribution < 1.29 is 26.7 Å². The number of hydrogen-bond acceptors (Lipinski definition) is 3. The van der Waals surface area contributed by atoms with E-state index in [0.717, 1.165) is 12.1 Å². The maximum Gasteiger partial charge on any atom is 0.433 e. The predicted molar refractivity (Wildman–Crippen MR) is 85.6 cm³/mol. The predicted octanol–water partition coefficient (Wildman–Crippen LogP) is 3.39. The van der Waals surface area contributed by atoms with Gasteiger partial charge in [-0.05, 0) is 17.7 Å². The first kappa shape index (κ1) is 17.6. The molecule has 1 aromatic carbocycles. The first-order valence-electron chi connectivity index (χ1n) is 7.99. The molecule has 1 aliphatic carbocycles. The molecule has 2 aromatic rings. The normalized spacial score (nSPS) is 23.0. The van der Waals surface area contributed by atoms with Gasteiger partial charge in [-0.1, -0.05) is 24.3 Å². The summed E-state index contributed by atoms with van der Waals surface area (Å²) in [7, 11) is 1.43. The third kappa shape index (κ3) is 2.30. The summed E-state index contributed by atoms with van der Waals surface area (Å²) in [6.07, 6.45) is -5.80. The van der Waals surface area contributed by atoms with E-state index in [1.165, 1.54) is 31.3 Å². The average Bonchev–Trinajstić information content (AvgIpc) is 2.86. The highest BCUT2D eigenvalue weighted by Gasteiger charge is 2.61. The van der Waals surface area contributed by atoms with E-state index < -0.39 is 41.1 Å². The number of aliphatic imine (C=N–C) groups is 1. The molecule has 0 saturated heterocycles.